The van der Waals surface area contributed by atoms with Gasteiger partial charge in [0.1, 0.15) is 23.0 Å². The summed E-state index contributed by atoms with van der Waals surface area (Å²) in [6, 6.07) is 27.3. The van der Waals surface area contributed by atoms with Crippen molar-refractivity contribution >= 4 is 11.8 Å². The molecule has 1 aromatic heterocycles. The smallest absolute Gasteiger partial charge is 0.255 e. The molecule has 1 atom stereocenters. The third-order valence-corrected chi connectivity index (χ3v) is 7.96. The number of ether oxygens (including phenoxy) is 2. The second-order valence-electron chi connectivity index (χ2n) is 10.8. The number of nitrogens with zero attached hydrogens (tertiary/aromatic N) is 3. The Kier molecular flexibility index (Phi) is 7.19. The lowest BCUT2D eigenvalue weighted by Gasteiger charge is -2.38. The molecular weight excluding hydrogens is 556 g/mol. The average Bonchev–Trinajstić information content (AvgIpc) is 3.60. The van der Waals surface area contributed by atoms with Crippen molar-refractivity contribution in [2.45, 2.75) is 18.9 Å². The third kappa shape index (κ3) is 5.35. The molecule has 8 rings (SSSR count). The molecule has 1 unspecified atom stereocenters. The highest BCUT2D eigenvalue weighted by Crippen LogP contribution is 2.39. The second-order valence-corrected chi connectivity index (χ2v) is 10.8. The number of hydrogen-bond acceptors (Lipinski definition) is 6. The SMILES string of the molecule is O=C1NCCCOc2cccc(c2)C2c3ccc(cc3CCN2C(=O)c2cccc(-n3cccn3)c2)Oc2ccc(O)c1c2. The van der Waals surface area contributed by atoms with Gasteiger partial charge in [0.25, 0.3) is 11.8 Å². The zero-order valence-electron chi connectivity index (χ0n) is 23.8. The van der Waals surface area contributed by atoms with Gasteiger partial charge in [0, 0.05) is 31.0 Å². The molecule has 3 aliphatic heterocycles. The highest BCUT2D eigenvalue weighted by Gasteiger charge is 2.33. The van der Waals surface area contributed by atoms with Gasteiger partial charge in [-0.1, -0.05) is 24.3 Å². The Morgan fingerprint density at radius 3 is 2.68 bits per heavy atom. The van der Waals surface area contributed by atoms with Gasteiger partial charge in [0.15, 0.2) is 0 Å². The molecule has 0 saturated heterocycles. The van der Waals surface area contributed by atoms with Crippen molar-refractivity contribution in [2.75, 3.05) is 19.7 Å². The van der Waals surface area contributed by atoms with E-state index in [1.807, 2.05) is 83.9 Å². The number of aromatic hydroxyl groups is 1. The quantitative estimate of drug-likeness (QED) is 0.276. The predicted octanol–water partition coefficient (Wildman–Crippen LogP) is 5.67. The summed E-state index contributed by atoms with van der Waals surface area (Å²) in [5, 5.41) is 17.5. The largest absolute Gasteiger partial charge is 0.507 e. The maximum atomic E-state index is 14.2. The topological polar surface area (TPSA) is 106 Å². The van der Waals surface area contributed by atoms with E-state index in [1.54, 1.807) is 16.9 Å². The van der Waals surface area contributed by atoms with Gasteiger partial charge in [-0.3, -0.25) is 9.59 Å². The van der Waals surface area contributed by atoms with Gasteiger partial charge in [0.2, 0.25) is 0 Å². The Morgan fingerprint density at radius 2 is 1.80 bits per heavy atom. The monoisotopic (exact) mass is 586 g/mol. The summed E-state index contributed by atoms with van der Waals surface area (Å²) in [5.41, 5.74) is 4.54. The molecule has 3 aliphatic rings. The summed E-state index contributed by atoms with van der Waals surface area (Å²) in [6.45, 7) is 1.25. The minimum absolute atomic E-state index is 0.0733. The molecule has 0 spiro atoms. The molecule has 9 heteroatoms. The van der Waals surface area contributed by atoms with E-state index in [4.69, 9.17) is 9.47 Å². The molecule has 0 fully saturated rings. The lowest BCUT2D eigenvalue weighted by atomic mass is 9.87. The molecule has 0 aliphatic carbocycles. The molecule has 5 aromatic rings. The van der Waals surface area contributed by atoms with E-state index in [-0.39, 0.29) is 29.2 Å². The van der Waals surface area contributed by atoms with Crippen molar-refractivity contribution in [1.82, 2.24) is 20.0 Å². The van der Waals surface area contributed by atoms with Crippen LogP contribution in [0.1, 0.15) is 49.9 Å². The highest BCUT2D eigenvalue weighted by molar-refractivity contribution is 5.97. The van der Waals surface area contributed by atoms with Crippen LogP contribution in [0.25, 0.3) is 5.69 Å². The molecule has 44 heavy (non-hydrogen) atoms. The molecule has 9 nitrogen and oxygen atoms in total. The van der Waals surface area contributed by atoms with Crippen LogP contribution < -0.4 is 14.8 Å². The van der Waals surface area contributed by atoms with Crippen LogP contribution in [0.2, 0.25) is 0 Å². The maximum Gasteiger partial charge on any atom is 0.255 e. The predicted molar refractivity (Wildman–Crippen MR) is 164 cm³/mol. The van der Waals surface area contributed by atoms with Gasteiger partial charge < -0.3 is 24.8 Å². The van der Waals surface area contributed by atoms with E-state index in [0.29, 0.717) is 55.4 Å². The first-order valence-corrected chi connectivity index (χ1v) is 14.6. The van der Waals surface area contributed by atoms with Crippen LogP contribution in [0.5, 0.6) is 23.0 Å². The standard InChI is InChI=1S/C35H30N4O5/c40-32-12-10-29-22-31(32)34(41)36-14-4-18-43-27-8-2-5-24(21-27)33-30-11-9-28(44-29)20-23(30)13-17-38(33)35(42)25-6-1-7-26(19-25)39-16-3-15-37-39/h1-3,5-12,15-16,19-22,33,40H,4,13-14,17-18H2,(H,36,41). The Bertz CT molecular complexity index is 1850. The number of phenolic OH excluding ortho intramolecular Hbond substituents is 1. The van der Waals surface area contributed by atoms with E-state index >= 15 is 0 Å². The molecule has 4 aromatic carbocycles. The van der Waals surface area contributed by atoms with Crippen LogP contribution in [-0.4, -0.2) is 51.3 Å². The van der Waals surface area contributed by atoms with Crippen LogP contribution in [0.3, 0.4) is 0 Å². The summed E-state index contributed by atoms with van der Waals surface area (Å²) in [7, 11) is 0. The summed E-state index contributed by atoms with van der Waals surface area (Å²) in [4.78, 5) is 28.9. The van der Waals surface area contributed by atoms with Gasteiger partial charge in [-0.05, 0) is 96.3 Å². The van der Waals surface area contributed by atoms with E-state index in [1.165, 1.54) is 12.1 Å². The summed E-state index contributed by atoms with van der Waals surface area (Å²) < 4.78 is 14.0. The zero-order valence-corrected chi connectivity index (χ0v) is 23.8. The Labute approximate surface area is 254 Å². The molecule has 0 radical (unpaired) electrons. The number of benzene rings is 4. The first-order chi connectivity index (χ1) is 21.5. The number of amides is 2. The van der Waals surface area contributed by atoms with Crippen molar-refractivity contribution in [2.24, 2.45) is 0 Å². The fourth-order valence-corrected chi connectivity index (χ4v) is 5.84. The summed E-state index contributed by atoms with van der Waals surface area (Å²) in [6.07, 6.45) is 4.76. The van der Waals surface area contributed by atoms with Crippen molar-refractivity contribution in [1.29, 1.82) is 0 Å². The lowest BCUT2D eigenvalue weighted by molar-refractivity contribution is 0.0694. The number of nitrogens with one attached hydrogen (secondary N) is 1. The Hall–Kier alpha value is -5.57. The maximum absolute atomic E-state index is 14.2. The second kappa shape index (κ2) is 11.6. The average molecular weight is 587 g/mol. The molecule has 0 saturated carbocycles. The number of aromatic nitrogens is 2. The lowest BCUT2D eigenvalue weighted by Crippen LogP contribution is -2.40. The Balaban J connectivity index is 1.29. The fourth-order valence-electron chi connectivity index (χ4n) is 5.84. The van der Waals surface area contributed by atoms with Crippen LogP contribution >= 0.6 is 0 Å². The first kappa shape index (κ1) is 27.3. The third-order valence-electron chi connectivity index (χ3n) is 7.96. The number of fused-ring (bicyclic) bond motifs is 6. The summed E-state index contributed by atoms with van der Waals surface area (Å²) >= 11 is 0. The number of carbonyl (C=O) groups is 2. The summed E-state index contributed by atoms with van der Waals surface area (Å²) in [5.74, 6) is 1.14. The van der Waals surface area contributed by atoms with Crippen molar-refractivity contribution in [3.63, 3.8) is 0 Å². The number of rotatable bonds is 2. The van der Waals surface area contributed by atoms with Crippen LogP contribution in [-0.2, 0) is 6.42 Å². The number of hydrogen-bond donors (Lipinski definition) is 2. The van der Waals surface area contributed by atoms with Gasteiger partial charge in [-0.15, -0.1) is 0 Å². The highest BCUT2D eigenvalue weighted by atomic mass is 16.5. The number of phenols is 1. The molecular formula is C35H30N4O5. The normalized spacial score (nSPS) is 16.2. The molecule has 220 valence electrons. The van der Waals surface area contributed by atoms with Crippen LogP contribution in [0.4, 0.5) is 0 Å². The van der Waals surface area contributed by atoms with Crippen molar-refractivity contribution in [3.8, 4) is 28.7 Å². The molecule has 2 amide bonds. The number of carbonyl (C=O) groups excluding carboxylic acids is 2. The van der Waals surface area contributed by atoms with E-state index in [0.717, 1.165) is 22.4 Å². The van der Waals surface area contributed by atoms with Gasteiger partial charge >= 0.3 is 0 Å². The fraction of sp³-hybridized carbons (Fsp3) is 0.171. The first-order valence-electron chi connectivity index (χ1n) is 14.6. The molecule has 8 bridgehead atoms. The van der Waals surface area contributed by atoms with E-state index in [9.17, 15) is 14.7 Å². The van der Waals surface area contributed by atoms with Crippen molar-refractivity contribution < 1.29 is 24.2 Å². The molecule has 4 heterocycles. The van der Waals surface area contributed by atoms with Gasteiger partial charge in [-0.2, -0.15) is 5.10 Å². The van der Waals surface area contributed by atoms with E-state index in [2.05, 4.69) is 10.4 Å². The molecule has 2 N–H and O–H groups in total. The van der Waals surface area contributed by atoms with E-state index < -0.39 is 0 Å². The van der Waals surface area contributed by atoms with Crippen LogP contribution in [0, 0.1) is 0 Å². The van der Waals surface area contributed by atoms with Gasteiger partial charge in [0.05, 0.1) is 23.9 Å². The van der Waals surface area contributed by atoms with Crippen molar-refractivity contribution in [3.05, 3.63) is 131 Å². The van der Waals surface area contributed by atoms with Gasteiger partial charge in [-0.25, -0.2) is 4.68 Å². The minimum Gasteiger partial charge on any atom is -0.507 e. The van der Waals surface area contributed by atoms with Crippen LogP contribution in [0.15, 0.2) is 103 Å². The Morgan fingerprint density at radius 1 is 0.932 bits per heavy atom. The zero-order chi connectivity index (χ0) is 30.0. The minimum atomic E-state index is -0.385.